The van der Waals surface area contributed by atoms with E-state index in [0.29, 0.717) is 5.82 Å². The van der Waals surface area contributed by atoms with Gasteiger partial charge in [-0.1, -0.05) is 231 Å². The minimum absolute atomic E-state index is 0.263. The third-order valence-corrected chi connectivity index (χ3v) is 13.4. The highest BCUT2D eigenvalue weighted by atomic mass is 16.3. The molecule has 0 aliphatic carbocycles. The van der Waals surface area contributed by atoms with E-state index in [0.717, 1.165) is 74.0 Å². The van der Waals surface area contributed by atoms with Crippen molar-refractivity contribution in [2.75, 3.05) is 0 Å². The fraction of sp³-hybridized carbons (Fsp3) is 0.0462. The molecule has 3 nitrogen and oxygen atoms in total. The lowest BCUT2D eigenvalue weighted by Crippen LogP contribution is -2.07. The summed E-state index contributed by atoms with van der Waals surface area (Å²) >= 11 is 0. The zero-order valence-corrected chi connectivity index (χ0v) is 37.5. The monoisotopic (exact) mass is 870 g/mol. The summed E-state index contributed by atoms with van der Waals surface area (Å²) in [4.78, 5) is 10.4. The molecule has 0 bridgehead atoms. The van der Waals surface area contributed by atoms with Crippen molar-refractivity contribution in [2.24, 2.45) is 0 Å². The van der Waals surface area contributed by atoms with E-state index in [-0.39, 0.29) is 5.92 Å². The SMILES string of the molecule is c1ccc(-c2ccc(CC(Cc3ccc4c(c3)oc3cccc(-c5ccc(-c6nc(-c7ccccc7)cc(-c7cccc8ccccc78)n6)cc5)c34)c3ccc(-c4ccccc4)cc3)cc2)cc1. The van der Waals surface area contributed by atoms with Gasteiger partial charge in [0.05, 0.1) is 11.4 Å². The number of benzene rings is 10. The van der Waals surface area contributed by atoms with Crippen LogP contribution < -0.4 is 0 Å². The zero-order chi connectivity index (χ0) is 45.2. The molecule has 68 heavy (non-hydrogen) atoms. The molecule has 1 atom stereocenters. The molecule has 2 heterocycles. The van der Waals surface area contributed by atoms with Gasteiger partial charge in [0.15, 0.2) is 5.82 Å². The molecule has 0 aliphatic heterocycles. The average molecular weight is 871 g/mol. The van der Waals surface area contributed by atoms with Crippen LogP contribution in [0.15, 0.2) is 253 Å². The van der Waals surface area contributed by atoms with Gasteiger partial charge in [0, 0.05) is 27.5 Å². The molecule has 0 fully saturated rings. The molecule has 0 spiro atoms. The third-order valence-electron chi connectivity index (χ3n) is 13.4. The minimum Gasteiger partial charge on any atom is -0.456 e. The van der Waals surface area contributed by atoms with Gasteiger partial charge in [-0.3, -0.25) is 0 Å². The van der Waals surface area contributed by atoms with E-state index in [2.05, 4.69) is 243 Å². The number of nitrogens with zero attached hydrogens (tertiary/aromatic N) is 2. The van der Waals surface area contributed by atoms with Crippen LogP contribution in [0.2, 0.25) is 0 Å². The van der Waals surface area contributed by atoms with Gasteiger partial charge in [0.25, 0.3) is 0 Å². The number of rotatable bonds is 11. The Hall–Kier alpha value is -8.66. The topological polar surface area (TPSA) is 38.9 Å². The van der Waals surface area contributed by atoms with Gasteiger partial charge < -0.3 is 4.42 Å². The maximum atomic E-state index is 6.69. The molecule has 3 heteroatoms. The van der Waals surface area contributed by atoms with E-state index in [4.69, 9.17) is 14.4 Å². The average Bonchev–Trinajstić information content (AvgIpc) is 3.80. The Bertz CT molecular complexity index is 3690. The smallest absolute Gasteiger partial charge is 0.160 e. The lowest BCUT2D eigenvalue weighted by atomic mass is 9.85. The summed E-state index contributed by atoms with van der Waals surface area (Å²) in [6.45, 7) is 0. The number of hydrogen-bond donors (Lipinski definition) is 0. The number of aromatic nitrogens is 2. The summed E-state index contributed by atoms with van der Waals surface area (Å²) in [5.74, 6) is 0.953. The van der Waals surface area contributed by atoms with Crippen molar-refractivity contribution < 1.29 is 4.42 Å². The van der Waals surface area contributed by atoms with Gasteiger partial charge in [-0.05, 0) is 97.8 Å². The predicted octanol–water partition coefficient (Wildman–Crippen LogP) is 17.1. The molecule has 322 valence electrons. The van der Waals surface area contributed by atoms with E-state index in [9.17, 15) is 0 Å². The second-order valence-corrected chi connectivity index (χ2v) is 17.7. The van der Waals surface area contributed by atoms with Crippen LogP contribution in [0.3, 0.4) is 0 Å². The van der Waals surface area contributed by atoms with Crippen molar-refractivity contribution in [1.29, 1.82) is 0 Å². The predicted molar refractivity (Wildman–Crippen MR) is 282 cm³/mol. The maximum absolute atomic E-state index is 6.69. The largest absolute Gasteiger partial charge is 0.456 e. The van der Waals surface area contributed by atoms with Crippen molar-refractivity contribution in [3.8, 4) is 67.3 Å². The second-order valence-electron chi connectivity index (χ2n) is 17.7. The number of hydrogen-bond acceptors (Lipinski definition) is 3. The first-order chi connectivity index (χ1) is 33.7. The number of fused-ring (bicyclic) bond motifs is 4. The molecule has 2 aromatic heterocycles. The minimum atomic E-state index is 0.263. The van der Waals surface area contributed by atoms with Crippen molar-refractivity contribution in [3.05, 3.63) is 265 Å². The van der Waals surface area contributed by atoms with Crippen LogP contribution >= 0.6 is 0 Å². The quantitative estimate of drug-likeness (QED) is 0.130. The van der Waals surface area contributed by atoms with Crippen LogP contribution in [0.25, 0.3) is 100.0 Å². The molecule has 0 saturated carbocycles. The second kappa shape index (κ2) is 18.0. The van der Waals surface area contributed by atoms with E-state index in [1.54, 1.807) is 0 Å². The van der Waals surface area contributed by atoms with E-state index in [1.165, 1.54) is 49.7 Å². The summed E-state index contributed by atoms with van der Waals surface area (Å²) in [6, 6.07) is 88.7. The van der Waals surface area contributed by atoms with Gasteiger partial charge in [0.1, 0.15) is 11.2 Å². The molecule has 0 amide bonds. The highest BCUT2D eigenvalue weighted by Gasteiger charge is 2.19. The Morgan fingerprint density at radius 3 is 1.59 bits per heavy atom. The molecule has 10 aromatic carbocycles. The fourth-order valence-corrected chi connectivity index (χ4v) is 9.88. The first kappa shape index (κ1) is 40.8. The highest BCUT2D eigenvalue weighted by Crippen LogP contribution is 2.39. The Labute approximate surface area is 396 Å². The Kier molecular flexibility index (Phi) is 10.8. The lowest BCUT2D eigenvalue weighted by Gasteiger charge is -2.19. The Morgan fingerprint density at radius 2 is 0.868 bits per heavy atom. The number of furan rings is 1. The van der Waals surface area contributed by atoms with Gasteiger partial charge in [-0.2, -0.15) is 0 Å². The molecular weight excluding hydrogens is 825 g/mol. The highest BCUT2D eigenvalue weighted by molar-refractivity contribution is 6.12. The summed E-state index contributed by atoms with van der Waals surface area (Å²) in [6.07, 6.45) is 1.80. The van der Waals surface area contributed by atoms with E-state index < -0.39 is 0 Å². The van der Waals surface area contributed by atoms with Gasteiger partial charge in [-0.15, -0.1) is 0 Å². The molecular formula is C65H46N2O. The van der Waals surface area contributed by atoms with Crippen LogP contribution in [-0.4, -0.2) is 9.97 Å². The van der Waals surface area contributed by atoms with Crippen molar-refractivity contribution >= 4 is 32.7 Å². The van der Waals surface area contributed by atoms with Crippen LogP contribution in [0.4, 0.5) is 0 Å². The standard InChI is InChI=1S/C65H46N2O/c1-4-14-46(15-5-1)48-29-26-44(27-30-48)40-55(50-33-31-49(32-34-50)47-16-6-2-7-17-47)41-45-28-39-59-63(42-45)68-62-25-13-23-57(64(59)62)52-35-37-54(38-36-52)65-66-60(53-19-8-3-9-20-53)43-61(67-65)58-24-12-21-51-18-10-11-22-56(51)58/h1-39,42-43,55H,40-41H2. The van der Waals surface area contributed by atoms with Gasteiger partial charge in [-0.25, -0.2) is 9.97 Å². The van der Waals surface area contributed by atoms with Crippen LogP contribution in [0.5, 0.6) is 0 Å². The first-order valence-electron chi connectivity index (χ1n) is 23.4. The lowest BCUT2D eigenvalue weighted by molar-refractivity contribution is 0.661. The molecule has 12 aromatic rings. The van der Waals surface area contributed by atoms with Crippen molar-refractivity contribution in [2.45, 2.75) is 18.8 Å². The van der Waals surface area contributed by atoms with E-state index in [1.807, 2.05) is 6.07 Å². The van der Waals surface area contributed by atoms with E-state index >= 15 is 0 Å². The zero-order valence-electron chi connectivity index (χ0n) is 37.5. The normalized spacial score (nSPS) is 11.9. The summed E-state index contributed by atoms with van der Waals surface area (Å²) in [5, 5.41) is 4.58. The van der Waals surface area contributed by atoms with Crippen LogP contribution in [0.1, 0.15) is 22.6 Å². The van der Waals surface area contributed by atoms with Crippen LogP contribution in [0, 0.1) is 0 Å². The molecule has 0 N–H and O–H groups in total. The fourth-order valence-electron chi connectivity index (χ4n) is 9.88. The Morgan fingerprint density at radius 1 is 0.338 bits per heavy atom. The molecule has 1 unspecified atom stereocenters. The molecule has 12 rings (SSSR count). The summed E-state index contributed by atoms with van der Waals surface area (Å²) in [7, 11) is 0. The molecule has 0 radical (unpaired) electrons. The molecule has 0 aliphatic rings. The molecule has 0 saturated heterocycles. The van der Waals surface area contributed by atoms with Gasteiger partial charge in [0.2, 0.25) is 0 Å². The first-order valence-corrected chi connectivity index (χ1v) is 23.4. The third kappa shape index (κ3) is 8.16. The Balaban J connectivity index is 0.864. The van der Waals surface area contributed by atoms with Crippen molar-refractivity contribution in [3.63, 3.8) is 0 Å². The van der Waals surface area contributed by atoms with Crippen LogP contribution in [-0.2, 0) is 12.8 Å². The summed E-state index contributed by atoms with van der Waals surface area (Å²) < 4.78 is 6.69. The summed E-state index contributed by atoms with van der Waals surface area (Å²) in [5.41, 5.74) is 17.7. The maximum Gasteiger partial charge on any atom is 0.160 e. The van der Waals surface area contributed by atoms with Gasteiger partial charge >= 0.3 is 0 Å². The van der Waals surface area contributed by atoms with Crippen molar-refractivity contribution in [1.82, 2.24) is 9.97 Å².